The molecule has 0 N–H and O–H groups in total. The molecule has 3 nitrogen and oxygen atoms in total. The van der Waals surface area contributed by atoms with Gasteiger partial charge < -0.3 is 13.3 Å². The molecule has 0 aromatic rings. The molecule has 5 heteroatoms. The van der Waals surface area contributed by atoms with E-state index in [1.165, 1.54) is 77.0 Å². The predicted molar refractivity (Wildman–Crippen MR) is 153 cm³/mol. The fourth-order valence-corrected chi connectivity index (χ4v) is 7.74. The minimum absolute atomic E-state index is 0.183. The second-order valence-corrected chi connectivity index (χ2v) is 13.1. The van der Waals surface area contributed by atoms with E-state index in [4.69, 9.17) is 13.3 Å². The number of hydrogen-bond donors (Lipinski definition) is 0. The first-order valence-electron chi connectivity index (χ1n) is 15.7. The van der Waals surface area contributed by atoms with E-state index in [1.807, 2.05) is 0 Å². The zero-order chi connectivity index (χ0) is 25.9. The van der Waals surface area contributed by atoms with Gasteiger partial charge in [-0.15, -0.1) is 0 Å². The zero-order valence-electron chi connectivity index (χ0n) is 24.4. The summed E-state index contributed by atoms with van der Waals surface area (Å²) in [5.74, 6) is 0. The monoisotopic (exact) mass is 518 g/mol. The zero-order valence-corrected chi connectivity index (χ0v) is 25.4. The number of unbranched alkanes of at least 4 members (excludes halogenated alkanes) is 15. The maximum absolute atomic E-state index is 12.3. The van der Waals surface area contributed by atoms with Crippen LogP contribution in [0.4, 0.5) is 4.39 Å². The van der Waals surface area contributed by atoms with Gasteiger partial charge in [-0.3, -0.25) is 4.39 Å². The molecule has 0 aromatic carbocycles. The lowest BCUT2D eigenvalue weighted by molar-refractivity contribution is 0.0208. The van der Waals surface area contributed by atoms with Gasteiger partial charge in [-0.2, -0.15) is 0 Å². The minimum atomic E-state index is -2.66. The van der Waals surface area contributed by atoms with Crippen molar-refractivity contribution < 1.29 is 17.7 Å². The molecule has 0 heterocycles. The standard InChI is InChI=1S/C30H63FO3Si/c1-5-9-10-11-12-13-14-15-16-19-22-25-30(8-4)34-35(32-27-6-2,33-28-7-3)29-24-21-18-17-20-23-26-31/h30H,5-29H2,1-4H3. The molecule has 0 aromatic heterocycles. The van der Waals surface area contributed by atoms with Crippen LogP contribution in [0.1, 0.15) is 163 Å². The third-order valence-electron chi connectivity index (χ3n) is 6.85. The van der Waals surface area contributed by atoms with Crippen LogP contribution in [-0.2, 0) is 13.3 Å². The molecule has 35 heavy (non-hydrogen) atoms. The van der Waals surface area contributed by atoms with Crippen molar-refractivity contribution >= 4 is 8.80 Å². The van der Waals surface area contributed by atoms with Gasteiger partial charge >= 0.3 is 8.80 Å². The molecule has 0 aliphatic carbocycles. The highest BCUT2D eigenvalue weighted by molar-refractivity contribution is 6.60. The lowest BCUT2D eigenvalue weighted by atomic mass is 10.0. The van der Waals surface area contributed by atoms with Crippen molar-refractivity contribution in [3.8, 4) is 0 Å². The van der Waals surface area contributed by atoms with Gasteiger partial charge in [0.2, 0.25) is 0 Å². The Hall–Kier alpha value is 0.0269. The summed E-state index contributed by atoms with van der Waals surface area (Å²) < 4.78 is 31.9. The SMILES string of the molecule is CCCCCCCCCCCCCC(CC)O[Si](CCCCCCCCF)(OCCC)OCCC. The van der Waals surface area contributed by atoms with E-state index < -0.39 is 8.80 Å². The molecule has 0 rings (SSSR count). The Labute approximate surface area is 221 Å². The summed E-state index contributed by atoms with van der Waals surface area (Å²) in [6.07, 6.45) is 25.8. The number of hydrogen-bond acceptors (Lipinski definition) is 3. The van der Waals surface area contributed by atoms with Crippen LogP contribution in [0.5, 0.6) is 0 Å². The smallest absolute Gasteiger partial charge is 0.373 e. The fourth-order valence-electron chi connectivity index (χ4n) is 4.61. The molecule has 1 atom stereocenters. The van der Waals surface area contributed by atoms with Crippen LogP contribution in [0.15, 0.2) is 0 Å². The molecule has 0 radical (unpaired) electrons. The average molecular weight is 519 g/mol. The summed E-state index contributed by atoms with van der Waals surface area (Å²) in [7, 11) is -2.66. The highest BCUT2D eigenvalue weighted by atomic mass is 28.4. The van der Waals surface area contributed by atoms with Crippen LogP contribution in [0.2, 0.25) is 6.04 Å². The van der Waals surface area contributed by atoms with Crippen molar-refractivity contribution in [1.29, 1.82) is 0 Å². The summed E-state index contributed by atoms with van der Waals surface area (Å²) in [5.41, 5.74) is 0. The highest BCUT2D eigenvalue weighted by Crippen LogP contribution is 2.26. The van der Waals surface area contributed by atoms with Crippen LogP contribution < -0.4 is 0 Å². The van der Waals surface area contributed by atoms with E-state index in [2.05, 4.69) is 27.7 Å². The first-order chi connectivity index (χ1) is 17.2. The molecular formula is C30H63FO3Si. The van der Waals surface area contributed by atoms with Gasteiger partial charge in [-0.25, -0.2) is 0 Å². The molecule has 0 aliphatic rings. The second kappa shape index (κ2) is 27.1. The lowest BCUT2D eigenvalue weighted by Crippen LogP contribution is -2.48. The summed E-state index contributed by atoms with van der Waals surface area (Å²) in [5, 5.41) is 0. The molecule has 212 valence electrons. The normalized spacial score (nSPS) is 12.9. The van der Waals surface area contributed by atoms with Gasteiger partial charge in [-0.1, -0.05) is 124 Å². The van der Waals surface area contributed by atoms with E-state index in [0.29, 0.717) is 6.42 Å². The maximum Gasteiger partial charge on any atom is 0.501 e. The molecule has 0 fully saturated rings. The van der Waals surface area contributed by atoms with E-state index >= 15 is 0 Å². The Morgan fingerprint density at radius 2 is 1.00 bits per heavy atom. The van der Waals surface area contributed by atoms with Crippen LogP contribution >= 0.6 is 0 Å². The van der Waals surface area contributed by atoms with Crippen molar-refractivity contribution in [3.63, 3.8) is 0 Å². The fraction of sp³-hybridized carbons (Fsp3) is 1.00. The Balaban J connectivity index is 4.42. The second-order valence-electron chi connectivity index (χ2n) is 10.4. The van der Waals surface area contributed by atoms with Crippen LogP contribution in [0.25, 0.3) is 0 Å². The first kappa shape index (κ1) is 35.0. The summed E-state index contributed by atoms with van der Waals surface area (Å²) >= 11 is 0. The third-order valence-corrected chi connectivity index (χ3v) is 9.80. The van der Waals surface area contributed by atoms with E-state index in [1.54, 1.807) is 0 Å². The molecule has 0 spiro atoms. The van der Waals surface area contributed by atoms with Crippen LogP contribution in [0.3, 0.4) is 0 Å². The molecule has 1 unspecified atom stereocenters. The van der Waals surface area contributed by atoms with Crippen LogP contribution in [0, 0.1) is 0 Å². The average Bonchev–Trinajstić information content (AvgIpc) is 2.88. The van der Waals surface area contributed by atoms with Gasteiger partial charge in [0, 0.05) is 25.4 Å². The van der Waals surface area contributed by atoms with Gasteiger partial charge in [0.05, 0.1) is 6.67 Å². The summed E-state index contributed by atoms with van der Waals surface area (Å²) in [6, 6.07) is 0.921. The topological polar surface area (TPSA) is 27.7 Å². The van der Waals surface area contributed by atoms with E-state index in [0.717, 1.165) is 70.6 Å². The van der Waals surface area contributed by atoms with Crippen molar-refractivity contribution in [1.82, 2.24) is 0 Å². The largest absolute Gasteiger partial charge is 0.501 e. The third kappa shape index (κ3) is 21.8. The van der Waals surface area contributed by atoms with Gasteiger partial charge in [0.1, 0.15) is 0 Å². The van der Waals surface area contributed by atoms with Crippen molar-refractivity contribution in [3.05, 3.63) is 0 Å². The molecule has 0 saturated carbocycles. The predicted octanol–water partition coefficient (Wildman–Crippen LogP) is 10.6. The Morgan fingerprint density at radius 1 is 0.543 bits per heavy atom. The maximum atomic E-state index is 12.3. The number of halogens is 1. The van der Waals surface area contributed by atoms with Crippen molar-refractivity contribution in [2.45, 2.75) is 175 Å². The van der Waals surface area contributed by atoms with E-state index in [9.17, 15) is 4.39 Å². The molecule has 0 bridgehead atoms. The van der Waals surface area contributed by atoms with Gasteiger partial charge in [0.25, 0.3) is 0 Å². The summed E-state index contributed by atoms with van der Waals surface area (Å²) in [4.78, 5) is 0. The number of rotatable bonds is 29. The summed E-state index contributed by atoms with van der Waals surface area (Å²) in [6.45, 7) is 10.1. The van der Waals surface area contributed by atoms with Crippen molar-refractivity contribution in [2.24, 2.45) is 0 Å². The lowest BCUT2D eigenvalue weighted by Gasteiger charge is -2.33. The Morgan fingerprint density at radius 3 is 1.46 bits per heavy atom. The minimum Gasteiger partial charge on any atom is -0.373 e. The van der Waals surface area contributed by atoms with E-state index in [-0.39, 0.29) is 12.8 Å². The first-order valence-corrected chi connectivity index (χ1v) is 17.6. The molecule has 0 saturated heterocycles. The molecule has 0 amide bonds. The number of alkyl halides is 1. The quantitative estimate of drug-likeness (QED) is 0.0728. The molecule has 0 aliphatic heterocycles. The van der Waals surface area contributed by atoms with Gasteiger partial charge in [0.15, 0.2) is 0 Å². The van der Waals surface area contributed by atoms with Gasteiger partial charge in [-0.05, 0) is 38.5 Å². The molecular weight excluding hydrogens is 455 g/mol. The Kier molecular flexibility index (Phi) is 27.1. The highest BCUT2D eigenvalue weighted by Gasteiger charge is 2.42. The van der Waals surface area contributed by atoms with Crippen LogP contribution in [-0.4, -0.2) is 34.8 Å². The van der Waals surface area contributed by atoms with Crippen molar-refractivity contribution in [2.75, 3.05) is 19.9 Å². The Bertz CT molecular complexity index is 403.